The molecule has 0 radical (unpaired) electrons. The number of nitrogens with zero attached hydrogens (tertiary/aromatic N) is 3. The number of rotatable bonds is 4. The Hall–Kier alpha value is -2.25. The number of alkyl halides is 3. The van der Waals surface area contributed by atoms with Gasteiger partial charge in [-0.3, -0.25) is 0 Å². The second-order valence-corrected chi connectivity index (χ2v) is 6.28. The van der Waals surface area contributed by atoms with E-state index in [0.717, 1.165) is 10.2 Å². The lowest BCUT2D eigenvalue weighted by Gasteiger charge is -2.13. The molecule has 2 aromatic carbocycles. The van der Waals surface area contributed by atoms with E-state index in [4.69, 9.17) is 27.9 Å². The molecule has 9 heteroatoms. The molecule has 0 aliphatic rings. The number of ether oxygens (including phenoxy) is 1. The quantitative estimate of drug-likeness (QED) is 0.580. The number of benzene rings is 2. The van der Waals surface area contributed by atoms with Gasteiger partial charge in [0.1, 0.15) is 23.7 Å². The maximum absolute atomic E-state index is 13.3. The van der Waals surface area contributed by atoms with Crippen LogP contribution in [0.1, 0.15) is 17.0 Å². The Kier molecular flexibility index (Phi) is 5.11. The van der Waals surface area contributed by atoms with E-state index in [1.54, 1.807) is 24.3 Å². The van der Waals surface area contributed by atoms with Crippen molar-refractivity contribution in [3.8, 4) is 11.4 Å². The molecule has 136 valence electrons. The van der Waals surface area contributed by atoms with Crippen molar-refractivity contribution in [2.75, 3.05) is 0 Å². The van der Waals surface area contributed by atoms with Crippen LogP contribution in [0.15, 0.2) is 42.5 Å². The summed E-state index contributed by atoms with van der Waals surface area (Å²) in [5.74, 6) is 0.427. The largest absolute Gasteiger partial charge is 0.487 e. The summed E-state index contributed by atoms with van der Waals surface area (Å²) in [6.07, 6.45) is -4.70. The van der Waals surface area contributed by atoms with Gasteiger partial charge < -0.3 is 4.74 Å². The van der Waals surface area contributed by atoms with E-state index in [0.29, 0.717) is 5.75 Å². The summed E-state index contributed by atoms with van der Waals surface area (Å²) >= 11 is 12.2. The number of hydrogen-bond donors (Lipinski definition) is 0. The van der Waals surface area contributed by atoms with Crippen molar-refractivity contribution < 1.29 is 17.9 Å². The Balaban J connectivity index is 2.05. The third-order valence-corrected chi connectivity index (χ3v) is 4.16. The van der Waals surface area contributed by atoms with Crippen LogP contribution in [0, 0.1) is 6.92 Å². The summed E-state index contributed by atoms with van der Waals surface area (Å²) < 4.78 is 46.5. The second kappa shape index (κ2) is 7.17. The highest BCUT2D eigenvalue weighted by molar-refractivity contribution is 6.37. The van der Waals surface area contributed by atoms with E-state index < -0.39 is 18.5 Å². The molecule has 0 N–H and O–H groups in total. The van der Waals surface area contributed by atoms with Gasteiger partial charge in [-0.25, -0.2) is 4.68 Å². The molecule has 0 spiro atoms. The Labute approximate surface area is 157 Å². The van der Waals surface area contributed by atoms with E-state index in [1.807, 2.05) is 13.0 Å². The van der Waals surface area contributed by atoms with Crippen molar-refractivity contribution in [2.24, 2.45) is 0 Å². The Morgan fingerprint density at radius 1 is 1.08 bits per heavy atom. The number of halogens is 5. The molecule has 4 nitrogen and oxygen atoms in total. The van der Waals surface area contributed by atoms with Gasteiger partial charge in [-0.1, -0.05) is 46.6 Å². The van der Waals surface area contributed by atoms with Crippen molar-refractivity contribution in [1.82, 2.24) is 15.0 Å². The van der Waals surface area contributed by atoms with E-state index in [2.05, 4.69) is 10.3 Å². The average molecular weight is 402 g/mol. The maximum Gasteiger partial charge on any atom is 0.437 e. The smallest absolute Gasteiger partial charge is 0.437 e. The van der Waals surface area contributed by atoms with Crippen LogP contribution in [0.2, 0.25) is 10.0 Å². The zero-order valence-electron chi connectivity index (χ0n) is 13.4. The predicted molar refractivity (Wildman–Crippen MR) is 91.9 cm³/mol. The molecular formula is C17H12Cl2F3N3O. The van der Waals surface area contributed by atoms with Crippen LogP contribution in [-0.2, 0) is 12.8 Å². The Morgan fingerprint density at radius 2 is 1.73 bits per heavy atom. The van der Waals surface area contributed by atoms with Gasteiger partial charge in [0.15, 0.2) is 5.69 Å². The lowest BCUT2D eigenvalue weighted by Crippen LogP contribution is -2.14. The van der Waals surface area contributed by atoms with Crippen LogP contribution in [0.25, 0.3) is 5.69 Å². The molecule has 0 fully saturated rings. The van der Waals surface area contributed by atoms with Crippen molar-refractivity contribution >= 4 is 23.2 Å². The van der Waals surface area contributed by atoms with Gasteiger partial charge in [0.2, 0.25) is 0 Å². The lowest BCUT2D eigenvalue weighted by molar-refractivity contribution is -0.142. The highest BCUT2D eigenvalue weighted by atomic mass is 35.5. The van der Waals surface area contributed by atoms with Crippen LogP contribution in [0.4, 0.5) is 13.2 Å². The molecule has 3 aromatic rings. The van der Waals surface area contributed by atoms with Gasteiger partial charge in [-0.2, -0.15) is 13.2 Å². The van der Waals surface area contributed by atoms with Gasteiger partial charge in [-0.05, 0) is 36.8 Å². The third kappa shape index (κ3) is 3.78. The van der Waals surface area contributed by atoms with E-state index >= 15 is 0 Å². The third-order valence-electron chi connectivity index (χ3n) is 3.55. The van der Waals surface area contributed by atoms with Crippen molar-refractivity contribution in [3.05, 3.63) is 69.5 Å². The molecule has 1 heterocycles. The lowest BCUT2D eigenvalue weighted by atomic mass is 10.2. The minimum absolute atomic E-state index is 0.113. The van der Waals surface area contributed by atoms with Gasteiger partial charge in [-0.15, -0.1) is 5.10 Å². The van der Waals surface area contributed by atoms with Crippen molar-refractivity contribution in [2.45, 2.75) is 19.7 Å². The zero-order chi connectivity index (χ0) is 18.9. The average Bonchev–Trinajstić information content (AvgIpc) is 2.97. The molecule has 3 rings (SSSR count). The Bertz CT molecular complexity index is 921. The fourth-order valence-electron chi connectivity index (χ4n) is 2.38. The zero-order valence-corrected chi connectivity index (χ0v) is 14.9. The normalized spacial score (nSPS) is 11.6. The van der Waals surface area contributed by atoms with Gasteiger partial charge in [0, 0.05) is 0 Å². The fraction of sp³-hybridized carbons (Fsp3) is 0.176. The first-order valence-electron chi connectivity index (χ1n) is 7.43. The van der Waals surface area contributed by atoms with Crippen LogP contribution < -0.4 is 4.74 Å². The molecular weight excluding hydrogens is 390 g/mol. The SMILES string of the molecule is Cc1cccc(OCc2c(C(F)(F)F)nnn2-c2c(Cl)cccc2Cl)c1. The van der Waals surface area contributed by atoms with Crippen LogP contribution in [-0.4, -0.2) is 15.0 Å². The van der Waals surface area contributed by atoms with E-state index in [1.165, 1.54) is 12.1 Å². The van der Waals surface area contributed by atoms with E-state index in [9.17, 15) is 13.2 Å². The number of hydrogen-bond acceptors (Lipinski definition) is 3. The summed E-state index contributed by atoms with van der Waals surface area (Å²) in [5, 5.41) is 7.16. The molecule has 0 amide bonds. The standard InChI is InChI=1S/C17H12Cl2F3N3O/c1-10-4-2-5-11(8-10)26-9-14-16(17(20,21)22)23-24-25(14)15-12(18)6-3-7-13(15)19/h2-8H,9H2,1H3. The topological polar surface area (TPSA) is 39.9 Å². The van der Waals surface area contributed by atoms with Crippen molar-refractivity contribution in [3.63, 3.8) is 0 Å². The molecule has 0 saturated heterocycles. The Morgan fingerprint density at radius 3 is 2.35 bits per heavy atom. The first-order chi connectivity index (χ1) is 12.3. The maximum atomic E-state index is 13.3. The van der Waals surface area contributed by atoms with Gasteiger partial charge >= 0.3 is 6.18 Å². The first-order valence-corrected chi connectivity index (χ1v) is 8.18. The molecule has 26 heavy (non-hydrogen) atoms. The fourth-order valence-corrected chi connectivity index (χ4v) is 2.94. The number of aryl methyl sites for hydroxylation is 1. The number of para-hydroxylation sites is 1. The molecule has 0 aliphatic heterocycles. The summed E-state index contributed by atoms with van der Waals surface area (Å²) in [6, 6.07) is 11.5. The summed E-state index contributed by atoms with van der Waals surface area (Å²) in [7, 11) is 0. The molecule has 0 atom stereocenters. The molecule has 0 saturated carbocycles. The predicted octanol–water partition coefficient (Wildman–Crippen LogP) is 5.48. The molecule has 1 aromatic heterocycles. The van der Waals surface area contributed by atoms with E-state index in [-0.39, 0.29) is 21.4 Å². The first kappa shape index (κ1) is 18.5. The minimum atomic E-state index is -4.70. The van der Waals surface area contributed by atoms with Gasteiger partial charge in [0.25, 0.3) is 0 Å². The van der Waals surface area contributed by atoms with Crippen molar-refractivity contribution in [1.29, 1.82) is 0 Å². The molecule has 0 bridgehead atoms. The minimum Gasteiger partial charge on any atom is -0.487 e. The summed E-state index contributed by atoms with van der Waals surface area (Å²) in [6.45, 7) is 1.44. The molecule has 0 unspecified atom stereocenters. The highest BCUT2D eigenvalue weighted by Gasteiger charge is 2.39. The van der Waals surface area contributed by atoms with Gasteiger partial charge in [0.05, 0.1) is 10.0 Å². The molecule has 0 aliphatic carbocycles. The van der Waals surface area contributed by atoms with Crippen LogP contribution in [0.3, 0.4) is 0 Å². The van der Waals surface area contributed by atoms with Crippen LogP contribution >= 0.6 is 23.2 Å². The summed E-state index contributed by atoms with van der Waals surface area (Å²) in [5.41, 5.74) is -0.420. The van der Waals surface area contributed by atoms with Crippen LogP contribution in [0.5, 0.6) is 5.75 Å². The second-order valence-electron chi connectivity index (χ2n) is 5.47. The summed E-state index contributed by atoms with van der Waals surface area (Å²) in [4.78, 5) is 0. The highest BCUT2D eigenvalue weighted by Crippen LogP contribution is 2.35. The number of aromatic nitrogens is 3. The monoisotopic (exact) mass is 401 g/mol.